The van der Waals surface area contributed by atoms with Gasteiger partial charge in [-0.3, -0.25) is 4.79 Å². The van der Waals surface area contributed by atoms with Crippen LogP contribution >= 0.6 is 22.6 Å². The first-order valence-electron chi connectivity index (χ1n) is 5.45. The van der Waals surface area contributed by atoms with E-state index in [0.29, 0.717) is 12.1 Å². The average molecular weight is 348 g/mol. The largest absolute Gasteiger partial charge is 0.497 e. The zero-order valence-electron chi connectivity index (χ0n) is 10.0. The molecule has 0 unspecified atom stereocenters. The van der Waals surface area contributed by atoms with Gasteiger partial charge in [0.05, 0.1) is 12.7 Å². The SMILES string of the molecule is CNCCCNC(=O)c1ccc(OC)cc1I. The van der Waals surface area contributed by atoms with Gasteiger partial charge in [0.1, 0.15) is 5.75 Å². The van der Waals surface area contributed by atoms with Gasteiger partial charge in [0.25, 0.3) is 5.91 Å². The topological polar surface area (TPSA) is 50.4 Å². The van der Waals surface area contributed by atoms with E-state index in [1.165, 1.54) is 0 Å². The number of carbonyl (C=O) groups excluding carboxylic acids is 1. The van der Waals surface area contributed by atoms with E-state index >= 15 is 0 Å². The van der Waals surface area contributed by atoms with Crippen molar-refractivity contribution in [1.29, 1.82) is 0 Å². The van der Waals surface area contributed by atoms with Gasteiger partial charge in [0.2, 0.25) is 0 Å². The normalized spacial score (nSPS) is 10.1. The second-order valence-electron chi connectivity index (χ2n) is 3.56. The van der Waals surface area contributed by atoms with Crippen LogP contribution in [0.3, 0.4) is 0 Å². The summed E-state index contributed by atoms with van der Waals surface area (Å²) in [5.74, 6) is 0.731. The maximum absolute atomic E-state index is 11.9. The average Bonchev–Trinajstić information content (AvgIpc) is 2.34. The Balaban J connectivity index is 2.57. The summed E-state index contributed by atoms with van der Waals surface area (Å²) in [5, 5.41) is 5.93. The molecule has 0 aliphatic heterocycles. The molecule has 0 aliphatic rings. The number of ether oxygens (including phenoxy) is 1. The van der Waals surface area contributed by atoms with Crippen LogP contribution in [0.1, 0.15) is 16.8 Å². The molecule has 0 aliphatic carbocycles. The summed E-state index contributed by atoms with van der Waals surface area (Å²) in [6.45, 7) is 1.59. The molecule has 17 heavy (non-hydrogen) atoms. The maximum Gasteiger partial charge on any atom is 0.252 e. The Morgan fingerprint density at radius 3 is 2.76 bits per heavy atom. The standard InChI is InChI=1S/C12H17IN2O2/c1-14-6-3-7-15-12(16)10-5-4-9(17-2)8-11(10)13/h4-5,8,14H,3,6-7H2,1-2H3,(H,15,16). The van der Waals surface area contributed by atoms with Crippen molar-refractivity contribution >= 4 is 28.5 Å². The summed E-state index contributed by atoms with van der Waals surface area (Å²) in [6, 6.07) is 5.43. The number of hydrogen-bond donors (Lipinski definition) is 2. The summed E-state index contributed by atoms with van der Waals surface area (Å²) in [4.78, 5) is 11.9. The molecule has 94 valence electrons. The number of benzene rings is 1. The molecule has 0 spiro atoms. The van der Waals surface area contributed by atoms with Gasteiger partial charge in [-0.2, -0.15) is 0 Å². The molecule has 0 aromatic heterocycles. The third-order valence-electron chi connectivity index (χ3n) is 2.31. The highest BCUT2D eigenvalue weighted by Gasteiger charge is 2.09. The van der Waals surface area contributed by atoms with Gasteiger partial charge in [-0.25, -0.2) is 0 Å². The molecule has 0 saturated heterocycles. The molecule has 1 amide bonds. The first-order chi connectivity index (χ1) is 8.19. The summed E-state index contributed by atoms with van der Waals surface area (Å²) in [6.07, 6.45) is 0.926. The molecule has 2 N–H and O–H groups in total. The molecule has 0 radical (unpaired) electrons. The molecule has 5 heteroatoms. The van der Waals surface area contributed by atoms with Crippen molar-refractivity contribution in [1.82, 2.24) is 10.6 Å². The fourth-order valence-electron chi connectivity index (χ4n) is 1.37. The molecule has 0 heterocycles. The van der Waals surface area contributed by atoms with Crippen LogP contribution in [0.15, 0.2) is 18.2 Å². The lowest BCUT2D eigenvalue weighted by Crippen LogP contribution is -2.27. The summed E-state index contributed by atoms with van der Waals surface area (Å²) in [7, 11) is 3.51. The Morgan fingerprint density at radius 2 is 2.18 bits per heavy atom. The van der Waals surface area contributed by atoms with Crippen LogP contribution in [0.4, 0.5) is 0 Å². The van der Waals surface area contributed by atoms with E-state index in [1.807, 2.05) is 13.1 Å². The van der Waals surface area contributed by atoms with Crippen molar-refractivity contribution in [3.05, 3.63) is 27.3 Å². The van der Waals surface area contributed by atoms with E-state index in [4.69, 9.17) is 4.74 Å². The molecule has 0 saturated carbocycles. The van der Waals surface area contributed by atoms with Crippen LogP contribution in [-0.2, 0) is 0 Å². The Morgan fingerprint density at radius 1 is 1.41 bits per heavy atom. The minimum absolute atomic E-state index is 0.0341. The van der Waals surface area contributed by atoms with Crippen LogP contribution < -0.4 is 15.4 Å². The van der Waals surface area contributed by atoms with E-state index < -0.39 is 0 Å². The van der Waals surface area contributed by atoms with Gasteiger partial charge in [-0.15, -0.1) is 0 Å². The van der Waals surface area contributed by atoms with E-state index in [0.717, 1.165) is 22.3 Å². The van der Waals surface area contributed by atoms with Crippen LogP contribution in [0.5, 0.6) is 5.75 Å². The van der Waals surface area contributed by atoms with Crippen molar-refractivity contribution in [2.75, 3.05) is 27.2 Å². The van der Waals surface area contributed by atoms with Gasteiger partial charge in [-0.05, 0) is 60.8 Å². The number of hydrogen-bond acceptors (Lipinski definition) is 3. The van der Waals surface area contributed by atoms with Gasteiger partial charge in [-0.1, -0.05) is 0 Å². The molecule has 0 bridgehead atoms. The van der Waals surface area contributed by atoms with Crippen molar-refractivity contribution in [2.45, 2.75) is 6.42 Å². The zero-order valence-corrected chi connectivity index (χ0v) is 12.2. The summed E-state index contributed by atoms with van der Waals surface area (Å²) >= 11 is 2.14. The van der Waals surface area contributed by atoms with Crippen molar-refractivity contribution in [2.24, 2.45) is 0 Å². The first kappa shape index (κ1) is 14.2. The lowest BCUT2D eigenvalue weighted by atomic mass is 10.2. The predicted molar refractivity (Wildman–Crippen MR) is 76.6 cm³/mol. The fourth-order valence-corrected chi connectivity index (χ4v) is 2.10. The number of amides is 1. The molecule has 1 rings (SSSR count). The van der Waals surface area contributed by atoms with Gasteiger partial charge < -0.3 is 15.4 Å². The summed E-state index contributed by atoms with van der Waals surface area (Å²) in [5.41, 5.74) is 0.691. The zero-order chi connectivity index (χ0) is 12.7. The molecular weight excluding hydrogens is 331 g/mol. The molecule has 4 nitrogen and oxygen atoms in total. The highest BCUT2D eigenvalue weighted by atomic mass is 127. The van der Waals surface area contributed by atoms with Crippen LogP contribution in [0, 0.1) is 3.57 Å². The Kier molecular flexibility index (Phi) is 6.28. The second-order valence-corrected chi connectivity index (χ2v) is 4.72. The van der Waals surface area contributed by atoms with E-state index in [2.05, 4.69) is 33.2 Å². The number of rotatable bonds is 6. The Bertz CT molecular complexity index is 383. The van der Waals surface area contributed by atoms with Gasteiger partial charge in [0.15, 0.2) is 0 Å². The molecule has 0 atom stereocenters. The third-order valence-corrected chi connectivity index (χ3v) is 3.20. The van der Waals surface area contributed by atoms with Gasteiger partial charge in [0, 0.05) is 10.1 Å². The monoisotopic (exact) mass is 348 g/mol. The predicted octanol–water partition coefficient (Wildman–Crippen LogP) is 1.64. The minimum Gasteiger partial charge on any atom is -0.497 e. The van der Waals surface area contributed by atoms with E-state index in [-0.39, 0.29) is 5.91 Å². The lowest BCUT2D eigenvalue weighted by molar-refractivity contribution is 0.0952. The smallest absolute Gasteiger partial charge is 0.252 e. The Hall–Kier alpha value is -0.820. The van der Waals surface area contributed by atoms with E-state index in [1.54, 1.807) is 19.2 Å². The minimum atomic E-state index is -0.0341. The number of halogens is 1. The highest BCUT2D eigenvalue weighted by molar-refractivity contribution is 14.1. The maximum atomic E-state index is 11.9. The number of methoxy groups -OCH3 is 1. The molecule has 1 aromatic rings. The second kappa shape index (κ2) is 7.50. The number of nitrogens with one attached hydrogen (secondary N) is 2. The van der Waals surface area contributed by atoms with Crippen molar-refractivity contribution in [3.63, 3.8) is 0 Å². The highest BCUT2D eigenvalue weighted by Crippen LogP contribution is 2.19. The van der Waals surface area contributed by atoms with Gasteiger partial charge >= 0.3 is 0 Å². The van der Waals surface area contributed by atoms with Crippen LogP contribution in [0.25, 0.3) is 0 Å². The van der Waals surface area contributed by atoms with Crippen molar-refractivity contribution < 1.29 is 9.53 Å². The van der Waals surface area contributed by atoms with Crippen molar-refractivity contribution in [3.8, 4) is 5.75 Å². The van der Waals surface area contributed by atoms with Crippen LogP contribution in [0.2, 0.25) is 0 Å². The summed E-state index contributed by atoms with van der Waals surface area (Å²) < 4.78 is 5.99. The third kappa shape index (κ3) is 4.51. The molecular formula is C12H17IN2O2. The Labute approximate surface area is 115 Å². The van der Waals surface area contributed by atoms with Crippen LogP contribution in [-0.4, -0.2) is 33.2 Å². The number of carbonyl (C=O) groups is 1. The first-order valence-corrected chi connectivity index (χ1v) is 6.53. The molecule has 1 aromatic carbocycles. The quantitative estimate of drug-likeness (QED) is 0.607. The lowest BCUT2D eigenvalue weighted by Gasteiger charge is -2.08. The van der Waals surface area contributed by atoms with E-state index in [9.17, 15) is 4.79 Å². The fraction of sp³-hybridized carbons (Fsp3) is 0.417. The molecule has 0 fully saturated rings.